The molecule has 132 valence electrons. The number of methoxy groups -OCH3 is 1. The van der Waals surface area contributed by atoms with E-state index in [0.29, 0.717) is 22.9 Å². The fourth-order valence-corrected chi connectivity index (χ4v) is 3.40. The second-order valence-corrected chi connectivity index (χ2v) is 6.28. The minimum atomic E-state index is -0.392. The van der Waals surface area contributed by atoms with Crippen LogP contribution in [-0.4, -0.2) is 25.4 Å². The van der Waals surface area contributed by atoms with Crippen molar-refractivity contribution in [2.45, 2.75) is 6.92 Å². The Bertz CT molecular complexity index is 860. The van der Waals surface area contributed by atoms with E-state index in [2.05, 4.69) is 0 Å². The van der Waals surface area contributed by atoms with Crippen molar-refractivity contribution < 1.29 is 14.3 Å². The lowest BCUT2D eigenvalue weighted by Crippen LogP contribution is -2.04. The number of hydrogen-bond donors (Lipinski definition) is 0. The lowest BCUT2D eigenvalue weighted by Gasteiger charge is -2.08. The molecule has 0 saturated carbocycles. The molecule has 0 unspecified atom stereocenters. The number of hydrogen-bond acceptors (Lipinski definition) is 5. The van der Waals surface area contributed by atoms with Gasteiger partial charge in [0.15, 0.2) is 10.6 Å². The molecule has 0 amide bonds. The van der Waals surface area contributed by atoms with Crippen molar-refractivity contribution in [1.29, 1.82) is 0 Å². The van der Waals surface area contributed by atoms with Crippen molar-refractivity contribution >= 4 is 28.7 Å². The third kappa shape index (κ3) is 3.83. The molecule has 4 nitrogen and oxygen atoms in total. The van der Waals surface area contributed by atoms with Crippen LogP contribution in [0.4, 0.5) is 5.69 Å². The molecule has 2 aromatic carbocycles. The van der Waals surface area contributed by atoms with Crippen LogP contribution in [0.1, 0.15) is 27.7 Å². The second kappa shape index (κ2) is 8.45. The maximum Gasteiger partial charge on any atom is 0.352 e. The second-order valence-electron chi connectivity index (χ2n) is 5.40. The summed E-state index contributed by atoms with van der Waals surface area (Å²) < 4.78 is 10.6. The van der Waals surface area contributed by atoms with E-state index in [1.54, 1.807) is 6.92 Å². The Kier molecular flexibility index (Phi) is 5.81. The number of rotatable bonds is 6. The van der Waals surface area contributed by atoms with Crippen LogP contribution in [0.5, 0.6) is 5.75 Å². The number of nitrogens with zero attached hydrogens (tertiary/aromatic N) is 1. The highest BCUT2D eigenvalue weighted by Gasteiger charge is 2.20. The third-order valence-corrected chi connectivity index (χ3v) is 4.65. The first-order chi connectivity index (χ1) is 12.7. The highest BCUT2D eigenvalue weighted by atomic mass is 32.1. The lowest BCUT2D eigenvalue weighted by atomic mass is 10.0. The molecule has 0 aliphatic heterocycles. The summed E-state index contributed by atoms with van der Waals surface area (Å²) >= 11 is 1.27. The molecule has 3 aromatic rings. The Hall–Kier alpha value is -2.92. The molecular weight excluding hydrogens is 346 g/mol. The molecule has 1 aromatic heterocycles. The van der Waals surface area contributed by atoms with Crippen LogP contribution in [0.2, 0.25) is 0 Å². The number of carbonyl (C=O) groups excluding carboxylic acids is 1. The molecule has 3 rings (SSSR count). The number of ether oxygens (including phenoxy) is 2. The first kappa shape index (κ1) is 17.9. The molecule has 26 heavy (non-hydrogen) atoms. The quantitative estimate of drug-likeness (QED) is 0.451. The highest BCUT2D eigenvalue weighted by Crippen LogP contribution is 2.38. The van der Waals surface area contributed by atoms with E-state index in [1.165, 1.54) is 18.4 Å². The van der Waals surface area contributed by atoms with Crippen LogP contribution >= 0.6 is 11.3 Å². The molecule has 0 bridgehead atoms. The number of benzene rings is 2. The maximum absolute atomic E-state index is 12.1. The number of esters is 1. The molecule has 1 heterocycles. The van der Waals surface area contributed by atoms with Gasteiger partial charge in [-0.1, -0.05) is 60.7 Å². The Morgan fingerprint density at radius 1 is 1.00 bits per heavy atom. The van der Waals surface area contributed by atoms with Crippen molar-refractivity contribution in [3.8, 4) is 5.75 Å². The van der Waals surface area contributed by atoms with Crippen molar-refractivity contribution in [2.24, 2.45) is 4.99 Å². The Morgan fingerprint density at radius 2 is 1.58 bits per heavy atom. The van der Waals surface area contributed by atoms with Crippen LogP contribution in [0.15, 0.2) is 71.0 Å². The molecule has 0 atom stereocenters. The largest absolute Gasteiger partial charge is 0.493 e. The first-order valence-corrected chi connectivity index (χ1v) is 9.14. The van der Waals surface area contributed by atoms with Crippen LogP contribution in [-0.2, 0) is 4.74 Å². The van der Waals surface area contributed by atoms with Crippen molar-refractivity contribution in [1.82, 2.24) is 0 Å². The Morgan fingerprint density at radius 3 is 2.08 bits per heavy atom. The van der Waals surface area contributed by atoms with Gasteiger partial charge in [-0.25, -0.2) is 9.79 Å². The fourth-order valence-electron chi connectivity index (χ4n) is 2.56. The van der Waals surface area contributed by atoms with E-state index >= 15 is 0 Å². The van der Waals surface area contributed by atoms with Gasteiger partial charge in [0.1, 0.15) is 5.69 Å². The molecule has 0 spiro atoms. The normalized spacial score (nSPS) is 10.2. The number of aliphatic imine (C=N–C) groups is 1. The third-order valence-electron chi connectivity index (χ3n) is 3.72. The summed E-state index contributed by atoms with van der Waals surface area (Å²) in [5.74, 6) is 0.0505. The average molecular weight is 365 g/mol. The van der Waals surface area contributed by atoms with Gasteiger partial charge in [0.2, 0.25) is 0 Å². The first-order valence-electron chi connectivity index (χ1n) is 8.26. The van der Waals surface area contributed by atoms with E-state index in [0.717, 1.165) is 16.8 Å². The van der Waals surface area contributed by atoms with Gasteiger partial charge in [0.05, 0.1) is 19.4 Å². The van der Waals surface area contributed by atoms with Gasteiger partial charge in [-0.2, -0.15) is 0 Å². The van der Waals surface area contributed by atoms with E-state index < -0.39 is 5.97 Å². The van der Waals surface area contributed by atoms with E-state index in [4.69, 9.17) is 14.5 Å². The zero-order chi connectivity index (χ0) is 18.4. The lowest BCUT2D eigenvalue weighted by molar-refractivity contribution is 0.0529. The van der Waals surface area contributed by atoms with Crippen molar-refractivity contribution in [2.75, 3.05) is 13.7 Å². The average Bonchev–Trinajstić information content (AvgIpc) is 3.10. The van der Waals surface area contributed by atoms with E-state index in [1.807, 2.05) is 66.0 Å². The molecular formula is C21H19NO3S. The molecule has 5 heteroatoms. The smallest absolute Gasteiger partial charge is 0.352 e. The summed E-state index contributed by atoms with van der Waals surface area (Å²) in [5.41, 5.74) is 3.41. The topological polar surface area (TPSA) is 47.9 Å². The SMILES string of the molecule is CCOC(=O)c1scc(N=C(c2ccccc2)c2ccccc2)c1OC. The van der Waals surface area contributed by atoms with Crippen LogP contribution in [0.3, 0.4) is 0 Å². The zero-order valence-electron chi connectivity index (χ0n) is 14.6. The minimum Gasteiger partial charge on any atom is -0.493 e. The molecule has 0 aliphatic carbocycles. The molecule has 0 saturated heterocycles. The zero-order valence-corrected chi connectivity index (χ0v) is 15.5. The summed E-state index contributed by atoms with van der Waals surface area (Å²) in [7, 11) is 1.54. The number of thiophene rings is 1. The Balaban J connectivity index is 2.11. The van der Waals surface area contributed by atoms with Gasteiger partial charge in [-0.15, -0.1) is 11.3 Å². The fraction of sp³-hybridized carbons (Fsp3) is 0.143. The number of carbonyl (C=O) groups is 1. The maximum atomic E-state index is 12.1. The van der Waals surface area contributed by atoms with Crippen molar-refractivity contribution in [3.63, 3.8) is 0 Å². The van der Waals surface area contributed by atoms with Crippen molar-refractivity contribution in [3.05, 3.63) is 82.0 Å². The van der Waals surface area contributed by atoms with Crippen LogP contribution < -0.4 is 4.74 Å². The van der Waals surface area contributed by atoms with Gasteiger partial charge in [-0.3, -0.25) is 0 Å². The summed E-state index contributed by atoms with van der Waals surface area (Å²) in [6.45, 7) is 2.09. The van der Waals surface area contributed by atoms with Gasteiger partial charge in [0, 0.05) is 16.5 Å². The van der Waals surface area contributed by atoms with Gasteiger partial charge in [0.25, 0.3) is 0 Å². The Labute approximate surface area is 156 Å². The monoisotopic (exact) mass is 365 g/mol. The summed E-state index contributed by atoms with van der Waals surface area (Å²) in [4.78, 5) is 17.4. The predicted molar refractivity (Wildman–Crippen MR) is 105 cm³/mol. The van der Waals surface area contributed by atoms with Crippen LogP contribution in [0.25, 0.3) is 0 Å². The molecule has 0 aliphatic rings. The predicted octanol–water partition coefficient (Wildman–Crippen LogP) is 5.10. The standard InChI is InChI=1S/C21H19NO3S/c1-3-25-21(23)20-19(24-2)17(14-26-20)22-18(15-10-6-4-7-11-15)16-12-8-5-9-13-16/h4-14H,3H2,1-2H3. The van der Waals surface area contributed by atoms with E-state index in [9.17, 15) is 4.79 Å². The van der Waals surface area contributed by atoms with E-state index in [-0.39, 0.29) is 0 Å². The summed E-state index contributed by atoms with van der Waals surface area (Å²) in [5, 5.41) is 1.82. The van der Waals surface area contributed by atoms with Crippen LogP contribution in [0, 0.1) is 0 Å². The molecule has 0 fully saturated rings. The van der Waals surface area contributed by atoms with Gasteiger partial charge in [-0.05, 0) is 6.92 Å². The highest BCUT2D eigenvalue weighted by molar-refractivity contribution is 7.13. The van der Waals surface area contributed by atoms with Gasteiger partial charge < -0.3 is 9.47 Å². The molecule has 0 N–H and O–H groups in total. The van der Waals surface area contributed by atoms with Gasteiger partial charge >= 0.3 is 5.97 Å². The summed E-state index contributed by atoms with van der Waals surface area (Å²) in [6.07, 6.45) is 0. The molecule has 0 radical (unpaired) electrons. The minimum absolute atomic E-state index is 0.317. The summed E-state index contributed by atoms with van der Waals surface area (Å²) in [6, 6.07) is 19.9.